The summed E-state index contributed by atoms with van der Waals surface area (Å²) < 4.78 is 0. The highest BCUT2D eigenvalue weighted by atomic mass is 16.2. The molecule has 1 aromatic carbocycles. The van der Waals surface area contributed by atoms with Crippen molar-refractivity contribution in [2.24, 2.45) is 5.92 Å². The first kappa shape index (κ1) is 20.0. The Kier molecular flexibility index (Phi) is 6.26. The van der Waals surface area contributed by atoms with E-state index in [2.05, 4.69) is 41.4 Å². The Bertz CT molecular complexity index is 725. The number of piperidine rings is 1. The molecule has 2 aliphatic heterocycles. The molecule has 3 fully saturated rings. The van der Waals surface area contributed by atoms with Gasteiger partial charge in [-0.25, -0.2) is 4.79 Å². The Morgan fingerprint density at radius 2 is 1.62 bits per heavy atom. The highest BCUT2D eigenvalue weighted by Crippen LogP contribution is 2.28. The summed E-state index contributed by atoms with van der Waals surface area (Å²) >= 11 is 0. The SMILES string of the molecule is Cc1cccc(N2CCC(NC(=O)N3CCCN(C(=O)C4CCC4)CC3)CC2)c1. The molecule has 0 unspecified atom stereocenters. The number of carbonyl (C=O) groups excluding carboxylic acids is 2. The third-order valence-corrected chi connectivity index (χ3v) is 6.74. The molecule has 29 heavy (non-hydrogen) atoms. The van der Waals surface area contributed by atoms with Crippen LogP contribution in [0, 0.1) is 12.8 Å². The molecule has 3 amide bonds. The fourth-order valence-corrected chi connectivity index (χ4v) is 4.63. The molecule has 1 aliphatic carbocycles. The summed E-state index contributed by atoms with van der Waals surface area (Å²) in [5.41, 5.74) is 2.56. The monoisotopic (exact) mass is 398 g/mol. The topological polar surface area (TPSA) is 55.9 Å². The van der Waals surface area contributed by atoms with E-state index in [0.29, 0.717) is 19.0 Å². The van der Waals surface area contributed by atoms with E-state index in [1.807, 2.05) is 9.80 Å². The summed E-state index contributed by atoms with van der Waals surface area (Å²) in [7, 11) is 0. The summed E-state index contributed by atoms with van der Waals surface area (Å²) in [5, 5.41) is 3.25. The predicted molar refractivity (Wildman–Crippen MR) is 115 cm³/mol. The van der Waals surface area contributed by atoms with Crippen LogP contribution in [-0.2, 0) is 4.79 Å². The lowest BCUT2D eigenvalue weighted by molar-refractivity contribution is -0.138. The number of aryl methyl sites for hydroxylation is 1. The van der Waals surface area contributed by atoms with Crippen LogP contribution in [0.2, 0.25) is 0 Å². The Morgan fingerprint density at radius 3 is 2.31 bits per heavy atom. The van der Waals surface area contributed by atoms with E-state index in [1.165, 1.54) is 17.7 Å². The van der Waals surface area contributed by atoms with Crippen LogP contribution in [0.5, 0.6) is 0 Å². The van der Waals surface area contributed by atoms with E-state index in [4.69, 9.17) is 0 Å². The fraction of sp³-hybridized carbons (Fsp3) is 0.652. The number of carbonyl (C=O) groups is 2. The van der Waals surface area contributed by atoms with Crippen molar-refractivity contribution in [2.45, 2.75) is 51.5 Å². The van der Waals surface area contributed by atoms with E-state index in [0.717, 1.165) is 58.3 Å². The van der Waals surface area contributed by atoms with Gasteiger partial charge in [0.2, 0.25) is 5.91 Å². The number of nitrogens with zero attached hydrogens (tertiary/aromatic N) is 3. The van der Waals surface area contributed by atoms with Crippen molar-refractivity contribution in [3.05, 3.63) is 29.8 Å². The second kappa shape index (κ2) is 9.06. The lowest BCUT2D eigenvalue weighted by atomic mass is 9.84. The second-order valence-corrected chi connectivity index (χ2v) is 8.84. The zero-order valence-electron chi connectivity index (χ0n) is 17.6. The number of benzene rings is 1. The van der Waals surface area contributed by atoms with Crippen LogP contribution >= 0.6 is 0 Å². The molecule has 3 aliphatic rings. The maximum atomic E-state index is 12.8. The molecule has 2 heterocycles. The molecule has 1 aromatic rings. The van der Waals surface area contributed by atoms with Crippen LogP contribution < -0.4 is 10.2 Å². The van der Waals surface area contributed by atoms with E-state index < -0.39 is 0 Å². The van der Waals surface area contributed by atoms with Gasteiger partial charge in [-0.2, -0.15) is 0 Å². The number of hydrogen-bond acceptors (Lipinski definition) is 3. The van der Waals surface area contributed by atoms with Gasteiger partial charge < -0.3 is 20.0 Å². The molecule has 0 aromatic heterocycles. The highest BCUT2D eigenvalue weighted by molar-refractivity contribution is 5.80. The molecule has 0 atom stereocenters. The minimum Gasteiger partial charge on any atom is -0.371 e. The average molecular weight is 399 g/mol. The number of hydrogen-bond donors (Lipinski definition) is 1. The Hall–Kier alpha value is -2.24. The van der Waals surface area contributed by atoms with Gasteiger partial charge >= 0.3 is 6.03 Å². The molecule has 0 bridgehead atoms. The second-order valence-electron chi connectivity index (χ2n) is 8.84. The van der Waals surface area contributed by atoms with Gasteiger partial charge in [-0.15, -0.1) is 0 Å². The largest absolute Gasteiger partial charge is 0.371 e. The van der Waals surface area contributed by atoms with Gasteiger partial charge in [-0.3, -0.25) is 4.79 Å². The molecule has 158 valence electrons. The number of urea groups is 1. The van der Waals surface area contributed by atoms with E-state index in [-0.39, 0.29) is 18.0 Å². The highest BCUT2D eigenvalue weighted by Gasteiger charge is 2.31. The molecule has 0 spiro atoms. The third kappa shape index (κ3) is 4.85. The van der Waals surface area contributed by atoms with Crippen LogP contribution in [0.1, 0.15) is 44.1 Å². The predicted octanol–water partition coefficient (Wildman–Crippen LogP) is 3.01. The van der Waals surface area contributed by atoms with Crippen molar-refractivity contribution in [1.29, 1.82) is 0 Å². The first-order valence-electron chi connectivity index (χ1n) is 11.3. The van der Waals surface area contributed by atoms with Gasteiger partial charge in [0, 0.05) is 56.9 Å². The standard InChI is InChI=1S/C23H34N4O2/c1-18-5-2-8-21(17-18)25-13-9-20(10-14-25)24-23(29)27-12-4-11-26(15-16-27)22(28)19-6-3-7-19/h2,5,8,17,19-20H,3-4,6-7,9-16H2,1H3,(H,24,29). The molecular weight excluding hydrogens is 364 g/mol. The maximum absolute atomic E-state index is 12.8. The fourth-order valence-electron chi connectivity index (χ4n) is 4.63. The van der Waals surface area contributed by atoms with Gasteiger partial charge in [0.1, 0.15) is 0 Å². The minimum atomic E-state index is 0.0388. The van der Waals surface area contributed by atoms with Crippen molar-refractivity contribution in [2.75, 3.05) is 44.2 Å². The summed E-state index contributed by atoms with van der Waals surface area (Å²) in [6.45, 7) is 6.91. The zero-order chi connectivity index (χ0) is 20.2. The summed E-state index contributed by atoms with van der Waals surface area (Å²) in [4.78, 5) is 31.6. The quantitative estimate of drug-likeness (QED) is 0.852. The maximum Gasteiger partial charge on any atom is 0.317 e. The minimum absolute atomic E-state index is 0.0388. The normalized spacial score (nSPS) is 21.5. The van der Waals surface area contributed by atoms with Gasteiger partial charge in [-0.1, -0.05) is 18.6 Å². The first-order valence-corrected chi connectivity index (χ1v) is 11.3. The molecule has 1 N–H and O–H groups in total. The molecule has 4 rings (SSSR count). The Balaban J connectivity index is 1.23. The number of nitrogens with one attached hydrogen (secondary N) is 1. The van der Waals surface area contributed by atoms with E-state index in [9.17, 15) is 9.59 Å². The molecular formula is C23H34N4O2. The summed E-state index contributed by atoms with van der Waals surface area (Å²) in [5.74, 6) is 0.552. The van der Waals surface area contributed by atoms with Crippen molar-refractivity contribution < 1.29 is 9.59 Å². The Morgan fingerprint density at radius 1 is 0.897 bits per heavy atom. The first-order chi connectivity index (χ1) is 14.1. The van der Waals surface area contributed by atoms with E-state index >= 15 is 0 Å². The zero-order valence-corrected chi connectivity index (χ0v) is 17.6. The van der Waals surface area contributed by atoms with Crippen molar-refractivity contribution in [1.82, 2.24) is 15.1 Å². The molecule has 1 saturated carbocycles. The van der Waals surface area contributed by atoms with Gasteiger partial charge in [0.25, 0.3) is 0 Å². The molecule has 6 nitrogen and oxygen atoms in total. The van der Waals surface area contributed by atoms with Crippen molar-refractivity contribution >= 4 is 17.6 Å². The number of anilines is 1. The van der Waals surface area contributed by atoms with Crippen LogP contribution in [0.15, 0.2) is 24.3 Å². The number of amides is 3. The van der Waals surface area contributed by atoms with Gasteiger partial charge in [0.05, 0.1) is 0 Å². The van der Waals surface area contributed by atoms with E-state index in [1.54, 1.807) is 0 Å². The van der Waals surface area contributed by atoms with Crippen LogP contribution in [0.25, 0.3) is 0 Å². The molecule has 6 heteroatoms. The summed E-state index contributed by atoms with van der Waals surface area (Å²) in [6.07, 6.45) is 6.08. The van der Waals surface area contributed by atoms with Crippen LogP contribution in [0.4, 0.5) is 10.5 Å². The van der Waals surface area contributed by atoms with Gasteiger partial charge in [-0.05, 0) is 56.7 Å². The van der Waals surface area contributed by atoms with Crippen molar-refractivity contribution in [3.8, 4) is 0 Å². The molecule has 2 saturated heterocycles. The molecule has 0 radical (unpaired) electrons. The third-order valence-electron chi connectivity index (χ3n) is 6.74. The van der Waals surface area contributed by atoms with Crippen LogP contribution in [-0.4, -0.2) is 67.0 Å². The number of rotatable bonds is 3. The Labute approximate surface area is 174 Å². The van der Waals surface area contributed by atoms with Crippen LogP contribution in [0.3, 0.4) is 0 Å². The average Bonchev–Trinajstić information content (AvgIpc) is 2.93. The smallest absolute Gasteiger partial charge is 0.317 e. The van der Waals surface area contributed by atoms with Crippen molar-refractivity contribution in [3.63, 3.8) is 0 Å². The van der Waals surface area contributed by atoms with Gasteiger partial charge in [0.15, 0.2) is 0 Å². The summed E-state index contributed by atoms with van der Waals surface area (Å²) in [6, 6.07) is 8.90. The lowest BCUT2D eigenvalue weighted by Gasteiger charge is -2.35. The lowest BCUT2D eigenvalue weighted by Crippen LogP contribution is -2.50.